The molecule has 0 unspecified atom stereocenters. The van der Waals surface area contributed by atoms with Gasteiger partial charge in [-0.15, -0.1) is 11.3 Å². The monoisotopic (exact) mass is 205 g/mol. The lowest BCUT2D eigenvalue weighted by molar-refractivity contribution is -0.177. The van der Waals surface area contributed by atoms with Gasteiger partial charge in [-0.25, -0.2) is 0 Å². The van der Waals surface area contributed by atoms with E-state index in [1.54, 1.807) is 11.3 Å². The van der Waals surface area contributed by atoms with Crippen molar-refractivity contribution in [1.82, 2.24) is 0 Å². The van der Waals surface area contributed by atoms with Crippen LogP contribution in [0, 0.1) is 16.7 Å². The van der Waals surface area contributed by atoms with Crippen LogP contribution in [-0.4, -0.2) is 13.2 Å². The summed E-state index contributed by atoms with van der Waals surface area (Å²) >= 11 is 1.70. The van der Waals surface area contributed by atoms with E-state index in [9.17, 15) is 5.26 Å². The molecule has 1 aliphatic heterocycles. The van der Waals surface area contributed by atoms with Crippen LogP contribution >= 0.6 is 11.3 Å². The first-order chi connectivity index (χ1) is 6.79. The van der Waals surface area contributed by atoms with E-state index in [0.29, 0.717) is 5.41 Å². The van der Waals surface area contributed by atoms with Crippen LogP contribution in [-0.2, 0) is 10.2 Å². The standard InChI is InChI=1S/C11H11NOS/c12-6-11(9-2-1-3-14-9)4-10(5-11)7-13-8-10/h1-3H,4-5,7-8H2. The molecule has 0 amide bonds. The third-order valence-corrected chi connectivity index (χ3v) is 4.45. The van der Waals surface area contributed by atoms with Crippen molar-refractivity contribution in [2.24, 2.45) is 5.41 Å². The molecule has 1 spiro atoms. The van der Waals surface area contributed by atoms with Gasteiger partial charge in [0.2, 0.25) is 0 Å². The second kappa shape index (κ2) is 2.59. The van der Waals surface area contributed by atoms with Gasteiger partial charge in [0.1, 0.15) is 0 Å². The summed E-state index contributed by atoms with van der Waals surface area (Å²) in [5.41, 5.74) is 0.178. The van der Waals surface area contributed by atoms with E-state index < -0.39 is 0 Å². The molecule has 0 bridgehead atoms. The summed E-state index contributed by atoms with van der Waals surface area (Å²) in [5.74, 6) is 0. The largest absolute Gasteiger partial charge is 0.380 e. The average Bonchev–Trinajstić information content (AvgIpc) is 2.54. The Kier molecular flexibility index (Phi) is 1.56. The summed E-state index contributed by atoms with van der Waals surface area (Å²) < 4.78 is 5.23. The molecule has 2 heterocycles. The van der Waals surface area contributed by atoms with Gasteiger partial charge in [-0.3, -0.25) is 0 Å². The van der Waals surface area contributed by atoms with Gasteiger partial charge in [-0.2, -0.15) is 5.26 Å². The van der Waals surface area contributed by atoms with Crippen LogP contribution in [0.2, 0.25) is 0 Å². The lowest BCUT2D eigenvalue weighted by atomic mass is 9.52. The first-order valence-corrected chi connectivity index (χ1v) is 5.70. The summed E-state index contributed by atoms with van der Waals surface area (Å²) in [6.07, 6.45) is 1.99. The van der Waals surface area contributed by atoms with Crippen molar-refractivity contribution in [3.8, 4) is 6.07 Å². The Morgan fingerprint density at radius 2 is 2.21 bits per heavy atom. The van der Waals surface area contributed by atoms with Crippen LogP contribution in [0.1, 0.15) is 17.7 Å². The van der Waals surface area contributed by atoms with Crippen molar-refractivity contribution in [2.45, 2.75) is 18.3 Å². The minimum atomic E-state index is -0.183. The molecule has 1 aliphatic carbocycles. The molecule has 1 aromatic rings. The number of hydrogen-bond donors (Lipinski definition) is 0. The first kappa shape index (κ1) is 8.46. The first-order valence-electron chi connectivity index (χ1n) is 4.82. The Morgan fingerprint density at radius 1 is 1.43 bits per heavy atom. The van der Waals surface area contributed by atoms with Crippen LogP contribution in [0.4, 0.5) is 0 Å². The molecule has 0 N–H and O–H groups in total. The number of nitrogens with zero attached hydrogens (tertiary/aromatic N) is 1. The summed E-state index contributed by atoms with van der Waals surface area (Å²) in [4.78, 5) is 1.23. The summed E-state index contributed by atoms with van der Waals surface area (Å²) in [6, 6.07) is 6.61. The van der Waals surface area contributed by atoms with Crippen molar-refractivity contribution >= 4 is 11.3 Å². The lowest BCUT2D eigenvalue weighted by Gasteiger charge is -2.57. The molecule has 3 rings (SSSR count). The van der Waals surface area contributed by atoms with Crippen LogP contribution in [0.3, 0.4) is 0 Å². The second-order valence-corrected chi connectivity index (χ2v) is 5.47. The van der Waals surface area contributed by atoms with Crippen molar-refractivity contribution in [1.29, 1.82) is 5.26 Å². The molecule has 14 heavy (non-hydrogen) atoms. The van der Waals surface area contributed by atoms with Gasteiger partial charge in [0.15, 0.2) is 0 Å². The minimum Gasteiger partial charge on any atom is -0.380 e. The van der Waals surface area contributed by atoms with E-state index in [0.717, 1.165) is 26.1 Å². The van der Waals surface area contributed by atoms with Gasteiger partial charge in [0, 0.05) is 10.3 Å². The fourth-order valence-corrected chi connectivity index (χ4v) is 3.56. The highest BCUT2D eigenvalue weighted by Crippen LogP contribution is 2.59. The molecule has 3 heteroatoms. The maximum absolute atomic E-state index is 9.28. The molecule has 2 fully saturated rings. The Morgan fingerprint density at radius 3 is 2.64 bits per heavy atom. The Labute approximate surface area is 87.1 Å². The predicted molar refractivity (Wildman–Crippen MR) is 54.1 cm³/mol. The van der Waals surface area contributed by atoms with Gasteiger partial charge < -0.3 is 4.74 Å². The molecule has 2 nitrogen and oxygen atoms in total. The summed E-state index contributed by atoms with van der Waals surface area (Å²) in [7, 11) is 0. The van der Waals surface area contributed by atoms with E-state index in [1.165, 1.54) is 4.88 Å². The van der Waals surface area contributed by atoms with Crippen molar-refractivity contribution in [3.63, 3.8) is 0 Å². The molecular weight excluding hydrogens is 194 g/mol. The highest BCUT2D eigenvalue weighted by molar-refractivity contribution is 7.10. The summed E-state index contributed by atoms with van der Waals surface area (Å²) in [5, 5.41) is 11.3. The Bertz CT molecular complexity index is 378. The third-order valence-electron chi connectivity index (χ3n) is 3.38. The number of rotatable bonds is 1. The van der Waals surface area contributed by atoms with Crippen LogP contribution in [0.25, 0.3) is 0 Å². The molecule has 0 aromatic carbocycles. The van der Waals surface area contributed by atoms with Crippen LogP contribution in [0.15, 0.2) is 17.5 Å². The second-order valence-electron chi connectivity index (χ2n) is 4.52. The van der Waals surface area contributed by atoms with E-state index in [2.05, 4.69) is 17.5 Å². The fraction of sp³-hybridized carbons (Fsp3) is 0.545. The van der Waals surface area contributed by atoms with E-state index in [4.69, 9.17) is 4.74 Å². The smallest absolute Gasteiger partial charge is 0.0928 e. The summed E-state index contributed by atoms with van der Waals surface area (Å²) in [6.45, 7) is 1.73. The zero-order valence-corrected chi connectivity index (χ0v) is 8.64. The van der Waals surface area contributed by atoms with Crippen LogP contribution < -0.4 is 0 Å². The van der Waals surface area contributed by atoms with Gasteiger partial charge >= 0.3 is 0 Å². The van der Waals surface area contributed by atoms with E-state index in [-0.39, 0.29) is 5.41 Å². The van der Waals surface area contributed by atoms with Gasteiger partial charge in [-0.1, -0.05) is 6.07 Å². The third kappa shape index (κ3) is 0.930. The number of nitriles is 1. The van der Waals surface area contributed by atoms with Crippen molar-refractivity contribution < 1.29 is 4.74 Å². The highest BCUT2D eigenvalue weighted by Gasteiger charge is 2.60. The van der Waals surface area contributed by atoms with Gasteiger partial charge in [0.25, 0.3) is 0 Å². The van der Waals surface area contributed by atoms with Crippen LogP contribution in [0.5, 0.6) is 0 Å². The number of thiophene rings is 1. The molecule has 0 radical (unpaired) electrons. The number of ether oxygens (including phenoxy) is 1. The van der Waals surface area contributed by atoms with E-state index in [1.807, 2.05) is 6.07 Å². The molecule has 1 saturated carbocycles. The van der Waals surface area contributed by atoms with Crippen molar-refractivity contribution in [2.75, 3.05) is 13.2 Å². The number of hydrogen-bond acceptors (Lipinski definition) is 3. The molecule has 72 valence electrons. The topological polar surface area (TPSA) is 33.0 Å². The quantitative estimate of drug-likeness (QED) is 0.705. The molecule has 0 atom stereocenters. The maximum atomic E-state index is 9.28. The fourth-order valence-electron chi connectivity index (χ4n) is 2.68. The molecule has 2 aliphatic rings. The normalized spacial score (nSPS) is 26.2. The molecular formula is C11H11NOS. The highest BCUT2D eigenvalue weighted by atomic mass is 32.1. The van der Waals surface area contributed by atoms with Gasteiger partial charge in [-0.05, 0) is 24.3 Å². The minimum absolute atomic E-state index is 0.183. The van der Waals surface area contributed by atoms with Gasteiger partial charge in [0.05, 0.1) is 24.7 Å². The Balaban J connectivity index is 1.87. The zero-order chi connectivity index (χ0) is 9.65. The predicted octanol–water partition coefficient (Wildman–Crippen LogP) is 2.32. The SMILES string of the molecule is N#CC1(c2cccs2)CC2(COC2)C1. The van der Waals surface area contributed by atoms with E-state index >= 15 is 0 Å². The molecule has 1 saturated heterocycles. The lowest BCUT2D eigenvalue weighted by Crippen LogP contribution is -2.58. The zero-order valence-electron chi connectivity index (χ0n) is 7.82. The maximum Gasteiger partial charge on any atom is 0.0928 e. The van der Waals surface area contributed by atoms with Crippen molar-refractivity contribution in [3.05, 3.63) is 22.4 Å². The molecule has 1 aromatic heterocycles. The Hall–Kier alpha value is -0.850. The average molecular weight is 205 g/mol.